The molecule has 5 heteroatoms. The highest BCUT2D eigenvalue weighted by atomic mass is 16.5. The summed E-state index contributed by atoms with van der Waals surface area (Å²) in [6, 6.07) is 1.14. The van der Waals surface area contributed by atoms with Gasteiger partial charge in [-0.2, -0.15) is 0 Å². The first kappa shape index (κ1) is 18.2. The predicted molar refractivity (Wildman–Crippen MR) is 82.8 cm³/mol. The highest BCUT2D eigenvalue weighted by Crippen LogP contribution is 2.03. The van der Waals surface area contributed by atoms with Crippen LogP contribution in [0, 0.1) is 0 Å². The maximum Gasteiger partial charge on any atom is 0.191 e. The Morgan fingerprint density at radius 3 is 2.16 bits per heavy atom. The second-order valence-corrected chi connectivity index (χ2v) is 5.20. The molecule has 0 spiro atoms. The lowest BCUT2D eigenvalue weighted by atomic mass is 10.2. The van der Waals surface area contributed by atoms with Crippen LogP contribution in [0.1, 0.15) is 34.1 Å². The van der Waals surface area contributed by atoms with Gasteiger partial charge in [-0.1, -0.05) is 0 Å². The third kappa shape index (κ3) is 8.83. The van der Waals surface area contributed by atoms with Crippen molar-refractivity contribution in [3.05, 3.63) is 0 Å². The molecule has 5 nitrogen and oxygen atoms in total. The summed E-state index contributed by atoms with van der Waals surface area (Å²) in [6.45, 7) is 12.5. The summed E-state index contributed by atoms with van der Waals surface area (Å²) in [7, 11) is 3.52. The van der Waals surface area contributed by atoms with Crippen molar-refractivity contribution in [3.8, 4) is 0 Å². The van der Waals surface area contributed by atoms with E-state index in [2.05, 4.69) is 48.2 Å². The molecule has 114 valence electrons. The van der Waals surface area contributed by atoms with Crippen LogP contribution in [0.5, 0.6) is 0 Å². The number of ether oxygens (including phenoxy) is 1. The largest absolute Gasteiger partial charge is 0.385 e. The Bertz CT molecular complexity index is 234. The van der Waals surface area contributed by atoms with E-state index in [-0.39, 0.29) is 0 Å². The molecular formula is C14H32N4O. The molecule has 19 heavy (non-hydrogen) atoms. The zero-order chi connectivity index (χ0) is 14.7. The molecule has 2 N–H and O–H groups in total. The average Bonchev–Trinajstić information content (AvgIpc) is 2.36. The topological polar surface area (TPSA) is 48.9 Å². The van der Waals surface area contributed by atoms with E-state index in [9.17, 15) is 0 Å². The number of guanidine groups is 1. The van der Waals surface area contributed by atoms with Crippen molar-refractivity contribution in [2.45, 2.75) is 46.2 Å². The smallest absolute Gasteiger partial charge is 0.191 e. The summed E-state index contributed by atoms with van der Waals surface area (Å²) in [6.07, 6.45) is 0.987. The zero-order valence-corrected chi connectivity index (χ0v) is 13.5. The minimum absolute atomic E-state index is 0.568. The number of methoxy groups -OCH3 is 1. The van der Waals surface area contributed by atoms with Gasteiger partial charge in [0.15, 0.2) is 5.96 Å². The standard InChI is InChI=1S/C14H32N4O/c1-12(2)18(13(3)4)10-9-17-14(15-5)16-8-7-11-19-6/h12-13H,7-11H2,1-6H3,(H2,15,16,17). The van der Waals surface area contributed by atoms with Crippen molar-refractivity contribution in [3.63, 3.8) is 0 Å². The normalized spacial score (nSPS) is 12.6. The van der Waals surface area contributed by atoms with Gasteiger partial charge in [0, 0.05) is 52.5 Å². The number of aliphatic imine (C=N–C) groups is 1. The lowest BCUT2D eigenvalue weighted by molar-refractivity contribution is 0.178. The van der Waals surface area contributed by atoms with Gasteiger partial charge in [0.25, 0.3) is 0 Å². The Kier molecular flexibility index (Phi) is 10.6. The Hall–Kier alpha value is -0.810. The lowest BCUT2D eigenvalue weighted by Gasteiger charge is -2.30. The highest BCUT2D eigenvalue weighted by Gasteiger charge is 2.12. The molecule has 0 bridgehead atoms. The van der Waals surface area contributed by atoms with E-state index in [4.69, 9.17) is 4.74 Å². The van der Waals surface area contributed by atoms with Crippen LogP contribution < -0.4 is 10.6 Å². The molecule has 0 aromatic carbocycles. The fourth-order valence-corrected chi connectivity index (χ4v) is 2.06. The van der Waals surface area contributed by atoms with Crippen molar-refractivity contribution in [2.75, 3.05) is 40.4 Å². The minimum Gasteiger partial charge on any atom is -0.385 e. The number of nitrogens with zero attached hydrogens (tertiary/aromatic N) is 2. The SMILES string of the molecule is CN=C(NCCCOC)NCCN(C(C)C)C(C)C. The molecule has 0 aromatic heterocycles. The fraction of sp³-hybridized carbons (Fsp3) is 0.929. The first-order valence-electron chi connectivity index (χ1n) is 7.22. The van der Waals surface area contributed by atoms with E-state index < -0.39 is 0 Å². The highest BCUT2D eigenvalue weighted by molar-refractivity contribution is 5.79. The summed E-state index contributed by atoms with van der Waals surface area (Å²) in [4.78, 5) is 6.67. The minimum atomic E-state index is 0.568. The summed E-state index contributed by atoms with van der Waals surface area (Å²) in [5, 5.41) is 6.62. The second kappa shape index (κ2) is 11.1. The molecule has 0 saturated carbocycles. The summed E-state index contributed by atoms with van der Waals surface area (Å²) in [5.41, 5.74) is 0. The molecule has 0 rings (SSSR count). The molecule has 0 aliphatic heterocycles. The Morgan fingerprint density at radius 1 is 1.11 bits per heavy atom. The third-order valence-electron chi connectivity index (χ3n) is 3.03. The van der Waals surface area contributed by atoms with E-state index in [1.807, 2.05) is 0 Å². The Balaban J connectivity index is 3.88. The maximum atomic E-state index is 5.02. The van der Waals surface area contributed by atoms with Gasteiger partial charge in [0.2, 0.25) is 0 Å². The number of hydrogen-bond acceptors (Lipinski definition) is 3. The molecule has 0 heterocycles. The van der Waals surface area contributed by atoms with Gasteiger partial charge >= 0.3 is 0 Å². The monoisotopic (exact) mass is 272 g/mol. The third-order valence-corrected chi connectivity index (χ3v) is 3.03. The molecule has 0 atom stereocenters. The van der Waals surface area contributed by atoms with Crippen LogP contribution in [-0.4, -0.2) is 63.3 Å². The van der Waals surface area contributed by atoms with Crippen LogP contribution in [0.15, 0.2) is 4.99 Å². The van der Waals surface area contributed by atoms with E-state index >= 15 is 0 Å². The van der Waals surface area contributed by atoms with E-state index in [1.165, 1.54) is 0 Å². The van der Waals surface area contributed by atoms with Gasteiger partial charge in [0.1, 0.15) is 0 Å². The molecular weight excluding hydrogens is 240 g/mol. The van der Waals surface area contributed by atoms with Crippen LogP contribution in [0.3, 0.4) is 0 Å². The summed E-state index contributed by atoms with van der Waals surface area (Å²) >= 11 is 0. The van der Waals surface area contributed by atoms with Crippen LogP contribution in [0.25, 0.3) is 0 Å². The zero-order valence-electron chi connectivity index (χ0n) is 13.5. The maximum absolute atomic E-state index is 5.02. The quantitative estimate of drug-likeness (QED) is 0.377. The van der Waals surface area contributed by atoms with Crippen LogP contribution in [0.4, 0.5) is 0 Å². The van der Waals surface area contributed by atoms with Crippen LogP contribution >= 0.6 is 0 Å². The first-order valence-corrected chi connectivity index (χ1v) is 7.22. The number of hydrogen-bond donors (Lipinski definition) is 2. The molecule has 0 radical (unpaired) electrons. The number of rotatable bonds is 9. The van der Waals surface area contributed by atoms with Gasteiger partial charge in [-0.25, -0.2) is 0 Å². The number of nitrogens with one attached hydrogen (secondary N) is 2. The second-order valence-electron chi connectivity index (χ2n) is 5.20. The van der Waals surface area contributed by atoms with Gasteiger partial charge < -0.3 is 15.4 Å². The van der Waals surface area contributed by atoms with Crippen molar-refractivity contribution in [1.29, 1.82) is 0 Å². The summed E-state index contributed by atoms with van der Waals surface area (Å²) in [5.74, 6) is 0.864. The molecule has 0 aliphatic rings. The molecule has 0 saturated heterocycles. The van der Waals surface area contributed by atoms with Crippen LogP contribution in [0.2, 0.25) is 0 Å². The average molecular weight is 272 g/mol. The van der Waals surface area contributed by atoms with E-state index in [1.54, 1.807) is 14.2 Å². The van der Waals surface area contributed by atoms with E-state index in [0.717, 1.165) is 38.6 Å². The first-order chi connectivity index (χ1) is 9.02. The Morgan fingerprint density at radius 2 is 1.68 bits per heavy atom. The predicted octanol–water partition coefficient (Wildman–Crippen LogP) is 1.31. The van der Waals surface area contributed by atoms with E-state index in [0.29, 0.717) is 12.1 Å². The fourth-order valence-electron chi connectivity index (χ4n) is 2.06. The lowest BCUT2D eigenvalue weighted by Crippen LogP contribution is -2.45. The molecule has 0 amide bonds. The Labute approximate surface area is 118 Å². The molecule has 0 fully saturated rings. The van der Waals surface area contributed by atoms with Gasteiger partial charge in [-0.05, 0) is 34.1 Å². The van der Waals surface area contributed by atoms with Gasteiger partial charge in [-0.3, -0.25) is 9.89 Å². The summed E-state index contributed by atoms with van der Waals surface area (Å²) < 4.78 is 5.02. The van der Waals surface area contributed by atoms with Crippen molar-refractivity contribution in [2.24, 2.45) is 4.99 Å². The van der Waals surface area contributed by atoms with Gasteiger partial charge in [0.05, 0.1) is 0 Å². The molecule has 0 aromatic rings. The van der Waals surface area contributed by atoms with Crippen molar-refractivity contribution in [1.82, 2.24) is 15.5 Å². The van der Waals surface area contributed by atoms with Crippen molar-refractivity contribution < 1.29 is 4.74 Å². The molecule has 0 aliphatic carbocycles. The van der Waals surface area contributed by atoms with Gasteiger partial charge in [-0.15, -0.1) is 0 Å². The van der Waals surface area contributed by atoms with Crippen LogP contribution in [-0.2, 0) is 4.74 Å². The van der Waals surface area contributed by atoms with Crippen molar-refractivity contribution >= 4 is 5.96 Å². The molecule has 0 unspecified atom stereocenters.